The van der Waals surface area contributed by atoms with Crippen LogP contribution in [0.3, 0.4) is 0 Å². The van der Waals surface area contributed by atoms with E-state index in [2.05, 4.69) is 66.8 Å². The van der Waals surface area contributed by atoms with Crippen LogP contribution in [0.25, 0.3) is 24.3 Å². The minimum absolute atomic E-state index is 0.109. The fourth-order valence-corrected chi connectivity index (χ4v) is 15.0. The number of unbranched alkanes of at least 4 members (excludes halogenated alkanes) is 36. The molecule has 0 saturated carbocycles. The zero-order valence-corrected chi connectivity index (χ0v) is 90.8. The van der Waals surface area contributed by atoms with Crippen LogP contribution < -0.4 is 18.9 Å². The van der Waals surface area contributed by atoms with Crippen LogP contribution in [0.1, 0.15) is 416 Å². The first-order valence-corrected chi connectivity index (χ1v) is 55.0. The van der Waals surface area contributed by atoms with Gasteiger partial charge in [0.1, 0.15) is 45.6 Å². The van der Waals surface area contributed by atoms with E-state index in [-0.39, 0.29) is 48.3 Å². The third kappa shape index (κ3) is 69.8. The van der Waals surface area contributed by atoms with Crippen molar-refractivity contribution in [1.29, 1.82) is 0 Å². The van der Waals surface area contributed by atoms with Gasteiger partial charge in [-0.3, -0.25) is 0 Å². The van der Waals surface area contributed by atoms with Gasteiger partial charge < -0.3 is 18.9 Å². The van der Waals surface area contributed by atoms with E-state index in [0.29, 0.717) is 62.9 Å². The Morgan fingerprint density at radius 1 is 0.200 bits per heavy atom. The van der Waals surface area contributed by atoms with Gasteiger partial charge in [-0.25, -0.2) is 96.8 Å². The molecule has 0 aromatic heterocycles. The van der Waals surface area contributed by atoms with Crippen molar-refractivity contribution in [1.82, 2.24) is 0 Å². The molecule has 0 unspecified atom stereocenters. The number of methoxy groups -OCH3 is 2. The van der Waals surface area contributed by atoms with E-state index in [4.69, 9.17) is 28.7 Å². The van der Waals surface area contributed by atoms with E-state index >= 15 is 0 Å². The molecule has 0 aliphatic heterocycles. The number of hydrogen-bond acceptors (Lipinski definition) is 24. The second-order valence-corrected chi connectivity index (χ2v) is 37.1. The molecule has 0 spiro atoms. The summed E-state index contributed by atoms with van der Waals surface area (Å²) in [6, 6.07) is 62.3. The smallest absolute Gasteiger partial charge is 0.390 e. The summed E-state index contributed by atoms with van der Waals surface area (Å²) in [5, 5.41) is 0. The minimum Gasteiger partial charge on any atom is -0.497 e. The normalized spacial score (nSPS) is 10.7. The molecule has 150 heavy (non-hydrogen) atoms. The molecule has 24 nitrogen and oxygen atoms in total. The van der Waals surface area contributed by atoms with Crippen molar-refractivity contribution in [3.63, 3.8) is 0 Å². The third-order valence-electron chi connectivity index (χ3n) is 23.9. The molecule has 0 amide bonds. The second-order valence-electron chi connectivity index (χ2n) is 37.1. The molecule has 24 heteroatoms. The van der Waals surface area contributed by atoms with Crippen molar-refractivity contribution in [3.05, 3.63) is 275 Å². The highest BCUT2D eigenvalue weighted by Crippen LogP contribution is 2.30. The Morgan fingerprint density at radius 3 is 0.613 bits per heavy atom. The molecule has 818 valence electrons. The van der Waals surface area contributed by atoms with Crippen LogP contribution in [0.15, 0.2) is 231 Å². The average Bonchev–Trinajstić information content (AvgIpc) is 0.837. The van der Waals surface area contributed by atoms with Gasteiger partial charge in [0.05, 0.1) is 65.6 Å². The molecule has 0 aliphatic carbocycles. The summed E-state index contributed by atoms with van der Waals surface area (Å²) in [4.78, 5) is 164. The van der Waals surface area contributed by atoms with Gasteiger partial charge in [0, 0.05) is 0 Å². The number of allylic oxidation sites excluding steroid dienone is 4. The van der Waals surface area contributed by atoms with Crippen LogP contribution in [-0.4, -0.2) is 73.9 Å². The van der Waals surface area contributed by atoms with E-state index < -0.39 is 59.7 Å². The number of para-hydroxylation sites is 4. The van der Waals surface area contributed by atoms with Crippen LogP contribution in [0.5, 0.6) is 34.5 Å². The number of ether oxygens (including phenoxy) is 4. The highest BCUT2D eigenvalue weighted by Gasteiger charge is 2.23. The third-order valence-corrected chi connectivity index (χ3v) is 23.9. The van der Waals surface area contributed by atoms with Crippen LogP contribution in [0, 0.1) is 13.8 Å². The number of carbonyl (C=O) groups is 10. The largest absolute Gasteiger partial charge is 0.497 e. The van der Waals surface area contributed by atoms with Gasteiger partial charge in [-0.05, 0) is 160 Å². The lowest BCUT2D eigenvalue weighted by molar-refractivity contribution is -0.259. The first-order chi connectivity index (χ1) is 73.2. The molecule has 0 N–H and O–H groups in total. The van der Waals surface area contributed by atoms with Gasteiger partial charge in [-0.2, -0.15) is 0 Å². The second kappa shape index (κ2) is 88.5. The van der Waals surface area contributed by atoms with Crippen LogP contribution >= 0.6 is 0 Å². The molecule has 0 atom stereocenters. The SMILES string of the molecule is CCCCCCCCCCCC(=O)OOC(=O)CCCCCCCCCCC.CCCCCCCCCCCCCC(=O)OOC(=O)CCCCCCCCCCCCC.COc1ccc(C=CCCC(=O)OOC(=O)CC/C=C/c2ccc(OC)cc2)cc1.Cc1ccc(C=CCCC(=O)OOC(=O)CC/C=C/c2ccc(C)cc2)cc1.O=C(OOC(=O)c1ccccc1Oc1ccccc1)c1ccccc1Oc1ccccc1. The molecule has 0 bridgehead atoms. The predicted octanol–water partition coefficient (Wildman–Crippen LogP) is 34.0. The molecule has 8 rings (SSSR count). The standard InChI is InChI=1S/C28H54O4.C26H18O6.C24H26O6.C24H26O4.C24H46O4/c1-3-5-7-9-11-13-15-17-19-21-23-25-27(29)31-32-28(30)26-24-22-20-18-16-14-12-10-8-6-4-2;27-25(21-15-7-9-17-23(21)29-19-11-3-1-4-12-19)31-32-26(28)22-16-8-10-18-24(22)30-20-13-5-2-6-14-20;1-27-21-15-11-19(12-16-21)7-3-5-9-23(25)29-30-24(26)10-6-4-8-20-13-17-22(28-2)18-14-20;1-19-11-15-21(16-12-19)7-3-5-9-23(25)27-28-24(26)10-6-4-8-22-17-13-20(2)14-18-22;1-3-5-7-9-11-13-15-17-19-21-23(25)27-28-24(26)22-20-18-16-14-12-10-8-6-4-2/h3-26H2,1-2H3;1-18H;3-4,7-8,11-18H,5-6,9-10H2,1-2H3;3-4,7-8,11-18H,5-6,9-10H2,1-2H3;3-22H2,1-2H3/b;;2*7-3+,8-4?;. The number of carbonyl (C=O) groups excluding carboxylic acids is 10. The summed E-state index contributed by atoms with van der Waals surface area (Å²) in [7, 11) is 3.23. The molecule has 8 aromatic carbocycles. The van der Waals surface area contributed by atoms with Gasteiger partial charge in [0.25, 0.3) is 0 Å². The summed E-state index contributed by atoms with van der Waals surface area (Å²) in [6.07, 6.45) is 68.1. The number of hydrogen-bond donors (Lipinski definition) is 0. The highest BCUT2D eigenvalue weighted by atomic mass is 17.2. The van der Waals surface area contributed by atoms with Gasteiger partial charge >= 0.3 is 59.7 Å². The van der Waals surface area contributed by atoms with Crippen molar-refractivity contribution in [3.8, 4) is 34.5 Å². The molecule has 8 aromatic rings. The van der Waals surface area contributed by atoms with E-state index in [0.717, 1.165) is 98.0 Å². The number of rotatable bonds is 68. The Balaban J connectivity index is 0.000000391. The molecule has 0 saturated heterocycles. The summed E-state index contributed by atoms with van der Waals surface area (Å²) in [5.41, 5.74) is 6.77. The van der Waals surface area contributed by atoms with E-state index in [1.807, 2.05) is 196 Å². The fourth-order valence-electron chi connectivity index (χ4n) is 15.0. The van der Waals surface area contributed by atoms with Gasteiger partial charge in [-0.15, -0.1) is 0 Å². The van der Waals surface area contributed by atoms with E-state index in [1.165, 1.54) is 216 Å². The van der Waals surface area contributed by atoms with Crippen LogP contribution in [0.2, 0.25) is 0 Å². The topological polar surface area (TPSA) is 300 Å². The minimum atomic E-state index is -0.869. The Morgan fingerprint density at radius 2 is 0.393 bits per heavy atom. The Labute approximate surface area is 893 Å². The molecule has 0 fully saturated rings. The maximum absolute atomic E-state index is 12.6. The first kappa shape index (κ1) is 129. The van der Waals surface area contributed by atoms with Gasteiger partial charge in [0.2, 0.25) is 0 Å². The van der Waals surface area contributed by atoms with Crippen molar-refractivity contribution >= 4 is 84.0 Å². The van der Waals surface area contributed by atoms with Crippen LogP contribution in [0.4, 0.5) is 0 Å². The quantitative estimate of drug-likeness (QED) is 0.0194. The lowest BCUT2D eigenvalue weighted by Gasteiger charge is -2.11. The zero-order chi connectivity index (χ0) is 108. The highest BCUT2D eigenvalue weighted by molar-refractivity contribution is 5.95. The summed E-state index contributed by atoms with van der Waals surface area (Å²) in [6.45, 7) is 13.0. The maximum Gasteiger partial charge on any atom is 0.390 e. The lowest BCUT2D eigenvalue weighted by Crippen LogP contribution is -2.13. The van der Waals surface area contributed by atoms with Crippen molar-refractivity contribution in [2.75, 3.05) is 14.2 Å². The van der Waals surface area contributed by atoms with E-state index in [1.54, 1.807) is 74.9 Å². The fraction of sp³-hybridized carbons (Fsp3) is 0.476. The summed E-state index contributed by atoms with van der Waals surface area (Å²) >= 11 is 0. The Hall–Kier alpha value is -13.4. The molecular formula is C126H170O24. The summed E-state index contributed by atoms with van der Waals surface area (Å²) < 4.78 is 21.7. The van der Waals surface area contributed by atoms with Gasteiger partial charge in [0.15, 0.2) is 0 Å². The average molecular weight is 2070 g/mol. The molecular weight excluding hydrogens is 1900 g/mol. The van der Waals surface area contributed by atoms with Crippen LogP contribution in [-0.2, 0) is 87.2 Å². The maximum atomic E-state index is 12.6. The first-order valence-electron chi connectivity index (χ1n) is 55.0. The summed E-state index contributed by atoms with van der Waals surface area (Å²) in [5.74, 6) is -2.51. The zero-order valence-electron chi connectivity index (χ0n) is 90.8. The molecule has 0 heterocycles. The lowest BCUT2D eigenvalue weighted by atomic mass is 10.1. The number of aryl methyl sites for hydroxylation is 2. The molecule has 0 radical (unpaired) electrons. The van der Waals surface area contributed by atoms with Crippen molar-refractivity contribution in [2.45, 2.75) is 375 Å². The van der Waals surface area contributed by atoms with Gasteiger partial charge in [-0.1, -0.05) is 452 Å². The predicted molar refractivity (Wildman–Crippen MR) is 593 cm³/mol. The molecule has 0 aliphatic rings. The van der Waals surface area contributed by atoms with Crippen molar-refractivity contribution in [2.24, 2.45) is 0 Å². The van der Waals surface area contributed by atoms with E-state index in [9.17, 15) is 47.9 Å². The monoisotopic (exact) mass is 2070 g/mol. The number of benzene rings is 8. The Bertz CT molecular complexity index is 4710. The van der Waals surface area contributed by atoms with Crippen molar-refractivity contribution < 1.29 is 116 Å². The Kier molecular flexibility index (Phi) is 76.1.